The van der Waals surface area contributed by atoms with E-state index >= 15 is 0 Å². The first-order valence-electron chi connectivity index (χ1n) is 10.6. The molecule has 2 unspecified atom stereocenters. The van der Waals surface area contributed by atoms with E-state index in [0.717, 1.165) is 16.0 Å². The Morgan fingerprint density at radius 1 is 0.939 bits per heavy atom. The largest absolute Gasteiger partial charge is 0.477 e. The first-order valence-corrected chi connectivity index (χ1v) is 13.3. The number of hydrogen-bond donors (Lipinski definition) is 3. The van der Waals surface area contributed by atoms with Gasteiger partial charge in [0.2, 0.25) is 7.44 Å². The van der Waals surface area contributed by atoms with Gasteiger partial charge >= 0.3 is 17.9 Å². The Bertz CT molecular complexity index is 1030. The lowest BCUT2D eigenvalue weighted by atomic mass is 10.2. The molecule has 0 bridgehead atoms. The van der Waals surface area contributed by atoms with Gasteiger partial charge in [0.05, 0.1) is 18.4 Å². The van der Waals surface area contributed by atoms with E-state index in [0.29, 0.717) is 10.9 Å². The minimum atomic E-state index is -3.55. The number of rotatable bonds is 11. The number of carboxylic acid groups (broad SMARTS) is 1. The summed E-state index contributed by atoms with van der Waals surface area (Å²) < 4.78 is 25.1. The molecule has 11 heteroatoms. The third-order valence-corrected chi connectivity index (χ3v) is 7.94. The second-order valence-electron chi connectivity index (χ2n) is 8.36. The van der Waals surface area contributed by atoms with Crippen LogP contribution in [0.15, 0.2) is 24.3 Å². The quantitative estimate of drug-likeness (QED) is 0.309. The molecule has 0 aliphatic heterocycles. The topological polar surface area (TPSA) is 131 Å². The summed E-state index contributed by atoms with van der Waals surface area (Å²) in [6, 6.07) is 5.02. The van der Waals surface area contributed by atoms with Crippen molar-refractivity contribution in [3.05, 3.63) is 34.7 Å². The average Bonchev–Trinajstić information content (AvgIpc) is 3.10. The Balaban J connectivity index is 2.31. The SMILES string of the molecule is CC(C)OC(=O)C(C)NP(=O)(Cc1ccc2sc(C(=O)O)cc2c1)NC(C)C(=O)OC(C)C. The number of nitrogens with one attached hydrogen (secondary N) is 2. The summed E-state index contributed by atoms with van der Waals surface area (Å²) in [5, 5.41) is 15.6. The van der Waals surface area contributed by atoms with Crippen LogP contribution in [-0.4, -0.2) is 47.3 Å². The molecule has 2 aromatic rings. The van der Waals surface area contributed by atoms with Crippen LogP contribution in [0.1, 0.15) is 56.8 Å². The van der Waals surface area contributed by atoms with Crippen molar-refractivity contribution < 1.29 is 33.5 Å². The van der Waals surface area contributed by atoms with Gasteiger partial charge in [-0.3, -0.25) is 14.2 Å². The summed E-state index contributed by atoms with van der Waals surface area (Å²) in [6.45, 7) is 9.94. The molecule has 0 spiro atoms. The molecular formula is C22H31N2O7PS. The van der Waals surface area contributed by atoms with E-state index in [-0.39, 0.29) is 23.2 Å². The lowest BCUT2D eigenvalue weighted by Gasteiger charge is -2.27. The number of aromatic carboxylic acids is 1. The highest BCUT2D eigenvalue weighted by molar-refractivity contribution is 7.59. The molecule has 3 N–H and O–H groups in total. The number of esters is 2. The van der Waals surface area contributed by atoms with Crippen LogP contribution < -0.4 is 10.2 Å². The van der Waals surface area contributed by atoms with Crippen LogP contribution in [0, 0.1) is 0 Å². The number of hydrogen-bond acceptors (Lipinski definition) is 7. The van der Waals surface area contributed by atoms with Gasteiger partial charge in [0, 0.05) is 4.70 Å². The zero-order valence-electron chi connectivity index (χ0n) is 19.6. The van der Waals surface area contributed by atoms with E-state index in [9.17, 15) is 24.1 Å². The summed E-state index contributed by atoms with van der Waals surface area (Å²) in [4.78, 5) is 36.1. The van der Waals surface area contributed by atoms with Gasteiger partial charge in [-0.15, -0.1) is 11.3 Å². The molecule has 2 rings (SSSR count). The summed E-state index contributed by atoms with van der Waals surface area (Å²) in [5.41, 5.74) is 0.648. The molecule has 0 aliphatic carbocycles. The summed E-state index contributed by atoms with van der Waals surface area (Å²) in [6.07, 6.45) is -0.697. The molecule has 0 radical (unpaired) electrons. The Morgan fingerprint density at radius 2 is 1.45 bits per heavy atom. The molecular weight excluding hydrogens is 467 g/mol. The minimum absolute atomic E-state index is 0.0280. The van der Waals surface area contributed by atoms with Gasteiger partial charge in [-0.05, 0) is 70.7 Å². The van der Waals surface area contributed by atoms with Gasteiger partial charge < -0.3 is 14.6 Å². The van der Waals surface area contributed by atoms with Crippen LogP contribution in [0.2, 0.25) is 0 Å². The van der Waals surface area contributed by atoms with Gasteiger partial charge in [-0.2, -0.15) is 0 Å². The number of carboxylic acids is 1. The van der Waals surface area contributed by atoms with E-state index < -0.39 is 37.4 Å². The third kappa shape index (κ3) is 7.92. The van der Waals surface area contributed by atoms with E-state index in [1.54, 1.807) is 52.0 Å². The van der Waals surface area contributed by atoms with E-state index in [1.165, 1.54) is 13.8 Å². The highest BCUT2D eigenvalue weighted by Crippen LogP contribution is 2.43. The standard InChI is InChI=1S/C22H31N2O7PS/c1-12(2)30-21(27)14(5)23-32(29,24-15(6)22(28)31-13(3)4)11-16-7-8-18-17(9-16)10-19(33-18)20(25)26/h7-10,12-15H,11H2,1-6H3,(H,25,26)(H2,23,24,29). The number of carbonyl (C=O) groups excluding carboxylic acids is 2. The fourth-order valence-electron chi connectivity index (χ4n) is 3.08. The lowest BCUT2D eigenvalue weighted by molar-refractivity contribution is -0.149. The number of fused-ring (bicyclic) bond motifs is 1. The predicted octanol–water partition coefficient (Wildman–Crippen LogP) is 4.15. The maximum atomic E-state index is 13.9. The first kappa shape index (κ1) is 27.0. The Kier molecular flexibility index (Phi) is 9.20. The average molecular weight is 499 g/mol. The molecule has 182 valence electrons. The molecule has 1 aromatic heterocycles. The Hall–Kier alpha value is -2.26. The van der Waals surface area contributed by atoms with Crippen molar-refractivity contribution >= 4 is 46.8 Å². The zero-order chi connectivity index (χ0) is 24.9. The van der Waals surface area contributed by atoms with Crippen LogP contribution in [0.3, 0.4) is 0 Å². The van der Waals surface area contributed by atoms with E-state index in [1.807, 2.05) is 0 Å². The molecule has 0 saturated carbocycles. The monoisotopic (exact) mass is 498 g/mol. The number of benzene rings is 1. The number of thiophene rings is 1. The summed E-state index contributed by atoms with van der Waals surface area (Å²) in [5.74, 6) is -2.14. The highest BCUT2D eigenvalue weighted by atomic mass is 32.1. The predicted molar refractivity (Wildman–Crippen MR) is 128 cm³/mol. The van der Waals surface area contributed by atoms with Crippen molar-refractivity contribution in [3.8, 4) is 0 Å². The van der Waals surface area contributed by atoms with Crippen LogP contribution in [0.5, 0.6) is 0 Å². The van der Waals surface area contributed by atoms with Crippen molar-refractivity contribution in [2.75, 3.05) is 0 Å². The van der Waals surface area contributed by atoms with Crippen molar-refractivity contribution in [1.29, 1.82) is 0 Å². The smallest absolute Gasteiger partial charge is 0.345 e. The lowest BCUT2D eigenvalue weighted by Crippen LogP contribution is -2.42. The molecule has 1 aromatic carbocycles. The molecule has 0 saturated heterocycles. The van der Waals surface area contributed by atoms with Crippen LogP contribution in [-0.2, 0) is 29.8 Å². The summed E-state index contributed by atoms with van der Waals surface area (Å²) in [7, 11) is -3.55. The molecule has 9 nitrogen and oxygen atoms in total. The molecule has 0 fully saturated rings. The number of carbonyl (C=O) groups is 3. The maximum Gasteiger partial charge on any atom is 0.345 e. The van der Waals surface area contributed by atoms with Crippen molar-refractivity contribution in [2.45, 2.75) is 72.0 Å². The Morgan fingerprint density at radius 3 is 1.91 bits per heavy atom. The van der Waals surface area contributed by atoms with Crippen LogP contribution >= 0.6 is 18.8 Å². The molecule has 0 amide bonds. The Labute approximate surface area is 197 Å². The van der Waals surface area contributed by atoms with Crippen LogP contribution in [0.25, 0.3) is 10.1 Å². The van der Waals surface area contributed by atoms with Gasteiger partial charge in [-0.25, -0.2) is 15.0 Å². The van der Waals surface area contributed by atoms with E-state index in [4.69, 9.17) is 9.47 Å². The second-order valence-corrected chi connectivity index (χ2v) is 11.8. The summed E-state index contributed by atoms with van der Waals surface area (Å²) >= 11 is 1.15. The van der Waals surface area contributed by atoms with Gasteiger partial charge in [0.25, 0.3) is 0 Å². The molecule has 1 heterocycles. The molecule has 2 atom stereocenters. The zero-order valence-corrected chi connectivity index (χ0v) is 21.3. The fourth-order valence-corrected chi connectivity index (χ4v) is 6.39. The van der Waals surface area contributed by atoms with E-state index in [2.05, 4.69) is 10.2 Å². The van der Waals surface area contributed by atoms with Crippen molar-refractivity contribution in [3.63, 3.8) is 0 Å². The normalized spacial score (nSPS) is 15.3. The van der Waals surface area contributed by atoms with Crippen molar-refractivity contribution in [1.82, 2.24) is 10.2 Å². The van der Waals surface area contributed by atoms with Gasteiger partial charge in [-0.1, -0.05) is 6.07 Å². The van der Waals surface area contributed by atoms with Crippen molar-refractivity contribution in [2.24, 2.45) is 0 Å². The maximum absolute atomic E-state index is 13.9. The third-order valence-electron chi connectivity index (χ3n) is 4.41. The fraction of sp³-hybridized carbons (Fsp3) is 0.500. The van der Waals surface area contributed by atoms with Gasteiger partial charge in [0.1, 0.15) is 17.0 Å². The first-order chi connectivity index (χ1) is 15.3. The number of ether oxygens (including phenoxy) is 2. The molecule has 33 heavy (non-hydrogen) atoms. The van der Waals surface area contributed by atoms with Gasteiger partial charge in [0.15, 0.2) is 0 Å². The van der Waals surface area contributed by atoms with Crippen LogP contribution in [0.4, 0.5) is 0 Å². The minimum Gasteiger partial charge on any atom is -0.477 e. The highest BCUT2D eigenvalue weighted by Gasteiger charge is 2.32. The molecule has 0 aliphatic rings. The second kappa shape index (κ2) is 11.2.